The maximum absolute atomic E-state index is 13.5. The number of rotatable bonds is 6. The maximum Gasteiger partial charge on any atom is 0.270 e. The summed E-state index contributed by atoms with van der Waals surface area (Å²) in [4.78, 5) is 33.8. The summed E-state index contributed by atoms with van der Waals surface area (Å²) in [5, 5.41) is 9.85. The molecule has 0 spiro atoms. The van der Waals surface area contributed by atoms with Crippen LogP contribution in [0.25, 0.3) is 6.08 Å². The Morgan fingerprint density at radius 2 is 1.79 bits per heavy atom. The first-order valence-corrected chi connectivity index (χ1v) is 14.6. The van der Waals surface area contributed by atoms with Crippen LogP contribution in [0.4, 0.5) is 5.82 Å². The van der Waals surface area contributed by atoms with E-state index < -0.39 is 0 Å². The van der Waals surface area contributed by atoms with Gasteiger partial charge in [0.2, 0.25) is 0 Å². The Morgan fingerprint density at radius 1 is 1.11 bits per heavy atom. The molecule has 3 aliphatic rings. The number of thiocarbonyl (C=S) groups is 1. The Bertz CT molecular complexity index is 1360. The summed E-state index contributed by atoms with van der Waals surface area (Å²) in [5.41, 5.74) is 2.53. The van der Waals surface area contributed by atoms with Crippen molar-refractivity contribution in [3.8, 4) is 6.07 Å². The van der Waals surface area contributed by atoms with Crippen molar-refractivity contribution < 1.29 is 4.79 Å². The molecule has 38 heavy (non-hydrogen) atoms. The average Bonchev–Trinajstić information content (AvgIpc) is 3.54. The van der Waals surface area contributed by atoms with Crippen LogP contribution in [-0.4, -0.2) is 56.8 Å². The number of carbonyl (C=O) groups is 1. The Hall–Kier alpha value is -2.93. The van der Waals surface area contributed by atoms with Crippen molar-refractivity contribution in [1.29, 1.82) is 5.26 Å². The zero-order valence-electron chi connectivity index (χ0n) is 22.0. The van der Waals surface area contributed by atoms with Crippen LogP contribution in [0.2, 0.25) is 0 Å². The number of benzene rings is 1. The Balaban J connectivity index is 1.49. The molecule has 1 saturated carbocycles. The first-order chi connectivity index (χ1) is 18.4. The minimum Gasteiger partial charge on any atom is -0.355 e. The Labute approximate surface area is 233 Å². The number of nitrogens with zero attached hydrogens (tertiary/aromatic N) is 5. The van der Waals surface area contributed by atoms with Gasteiger partial charge in [0.1, 0.15) is 21.8 Å². The summed E-state index contributed by atoms with van der Waals surface area (Å²) < 4.78 is 2.30. The molecule has 0 radical (unpaired) electrons. The predicted molar refractivity (Wildman–Crippen MR) is 157 cm³/mol. The van der Waals surface area contributed by atoms with Crippen LogP contribution in [0, 0.1) is 18.3 Å². The number of aromatic nitrogens is 1. The normalized spacial score (nSPS) is 20.1. The molecule has 1 aromatic heterocycles. The van der Waals surface area contributed by atoms with Crippen molar-refractivity contribution >= 4 is 46.1 Å². The van der Waals surface area contributed by atoms with Gasteiger partial charge in [-0.15, -0.1) is 0 Å². The van der Waals surface area contributed by atoms with Crippen LogP contribution in [0.1, 0.15) is 54.9 Å². The molecule has 0 N–H and O–H groups in total. The third-order valence-electron chi connectivity index (χ3n) is 7.87. The fourth-order valence-corrected chi connectivity index (χ4v) is 7.21. The first kappa shape index (κ1) is 26.7. The van der Waals surface area contributed by atoms with E-state index in [1.54, 1.807) is 9.47 Å². The minimum absolute atomic E-state index is 0.0577. The van der Waals surface area contributed by atoms with Crippen LogP contribution in [0.3, 0.4) is 0 Å². The molecule has 0 bridgehead atoms. The van der Waals surface area contributed by atoms with Crippen LogP contribution < -0.4 is 10.5 Å². The average molecular weight is 548 g/mol. The molecule has 5 rings (SSSR count). The molecule has 2 aliphatic heterocycles. The second-order valence-electron chi connectivity index (χ2n) is 10.1. The summed E-state index contributed by atoms with van der Waals surface area (Å²) in [6.07, 6.45) is 6.08. The fourth-order valence-electron chi connectivity index (χ4n) is 5.83. The summed E-state index contributed by atoms with van der Waals surface area (Å²) in [6, 6.07) is 12.7. The molecule has 7 nitrogen and oxygen atoms in total. The summed E-state index contributed by atoms with van der Waals surface area (Å²) in [5.74, 6) is 0.734. The topological polar surface area (TPSA) is 72.6 Å². The number of hydrogen-bond donors (Lipinski definition) is 0. The number of carbonyl (C=O) groups excluding carboxylic acids is 1. The van der Waals surface area contributed by atoms with E-state index in [1.165, 1.54) is 17.3 Å². The third kappa shape index (κ3) is 5.05. The minimum atomic E-state index is -0.273. The molecule has 0 atom stereocenters. The van der Waals surface area contributed by atoms with Gasteiger partial charge in [-0.05, 0) is 43.9 Å². The maximum atomic E-state index is 13.5. The number of anilines is 1. The first-order valence-electron chi connectivity index (χ1n) is 13.4. The number of amides is 1. The molecule has 2 aromatic rings. The van der Waals surface area contributed by atoms with Crippen molar-refractivity contribution in [2.75, 3.05) is 31.1 Å². The molecule has 3 fully saturated rings. The highest BCUT2D eigenvalue weighted by Gasteiger charge is 2.38. The lowest BCUT2D eigenvalue weighted by atomic mass is 10.0. The molecular weight excluding hydrogens is 514 g/mol. The highest BCUT2D eigenvalue weighted by molar-refractivity contribution is 8.26. The van der Waals surface area contributed by atoms with Crippen molar-refractivity contribution in [2.24, 2.45) is 0 Å². The summed E-state index contributed by atoms with van der Waals surface area (Å²) in [6.45, 7) is 8.29. The van der Waals surface area contributed by atoms with Crippen LogP contribution in [0.5, 0.6) is 0 Å². The van der Waals surface area contributed by atoms with Gasteiger partial charge in [0.25, 0.3) is 11.5 Å². The van der Waals surface area contributed by atoms with Gasteiger partial charge < -0.3 is 4.90 Å². The number of nitriles is 1. The number of pyridine rings is 1. The molecular formula is C29H33N5O2S2. The van der Waals surface area contributed by atoms with E-state index in [0.717, 1.165) is 69.8 Å². The molecule has 0 unspecified atom stereocenters. The highest BCUT2D eigenvalue weighted by atomic mass is 32.2. The lowest BCUT2D eigenvalue weighted by molar-refractivity contribution is -0.123. The third-order valence-corrected chi connectivity index (χ3v) is 9.20. The van der Waals surface area contributed by atoms with Crippen LogP contribution >= 0.6 is 24.0 Å². The predicted octanol–water partition coefficient (Wildman–Crippen LogP) is 4.51. The van der Waals surface area contributed by atoms with E-state index in [9.17, 15) is 14.9 Å². The smallest absolute Gasteiger partial charge is 0.270 e. The van der Waals surface area contributed by atoms with Crippen molar-refractivity contribution in [3.63, 3.8) is 0 Å². The van der Waals surface area contributed by atoms with Crippen molar-refractivity contribution in [1.82, 2.24) is 14.4 Å². The van der Waals surface area contributed by atoms with E-state index in [2.05, 4.69) is 40.1 Å². The van der Waals surface area contributed by atoms with Crippen molar-refractivity contribution in [2.45, 2.75) is 58.7 Å². The second-order valence-corrected chi connectivity index (χ2v) is 11.8. The highest BCUT2D eigenvalue weighted by Crippen LogP contribution is 2.39. The van der Waals surface area contributed by atoms with Gasteiger partial charge in [-0.25, -0.2) is 0 Å². The van der Waals surface area contributed by atoms with E-state index in [-0.39, 0.29) is 23.1 Å². The van der Waals surface area contributed by atoms with Gasteiger partial charge in [-0.2, -0.15) is 5.26 Å². The van der Waals surface area contributed by atoms with E-state index in [4.69, 9.17) is 12.2 Å². The van der Waals surface area contributed by atoms with Crippen molar-refractivity contribution in [3.05, 3.63) is 67.8 Å². The molecule has 1 amide bonds. The fraction of sp³-hybridized carbons (Fsp3) is 0.448. The molecule has 1 aromatic carbocycles. The van der Waals surface area contributed by atoms with Gasteiger partial charge in [0.15, 0.2) is 0 Å². The Kier molecular flexibility index (Phi) is 8.03. The Morgan fingerprint density at radius 3 is 2.42 bits per heavy atom. The van der Waals surface area contributed by atoms with Gasteiger partial charge in [-0.3, -0.25) is 24.0 Å². The van der Waals surface area contributed by atoms with Gasteiger partial charge >= 0.3 is 0 Å². The van der Waals surface area contributed by atoms with E-state index in [0.29, 0.717) is 21.3 Å². The van der Waals surface area contributed by atoms with Gasteiger partial charge in [0, 0.05) is 50.9 Å². The second kappa shape index (κ2) is 11.4. The largest absolute Gasteiger partial charge is 0.355 e. The molecule has 1 aliphatic carbocycles. The summed E-state index contributed by atoms with van der Waals surface area (Å²) >= 11 is 6.96. The van der Waals surface area contributed by atoms with Crippen LogP contribution in [-0.2, 0) is 17.9 Å². The molecule has 2 saturated heterocycles. The van der Waals surface area contributed by atoms with E-state index >= 15 is 0 Å². The molecule has 9 heteroatoms. The van der Waals surface area contributed by atoms with E-state index in [1.807, 2.05) is 26.0 Å². The van der Waals surface area contributed by atoms with Gasteiger partial charge in [0.05, 0.1) is 4.91 Å². The zero-order chi connectivity index (χ0) is 26.8. The monoisotopic (exact) mass is 547 g/mol. The van der Waals surface area contributed by atoms with Gasteiger partial charge in [-0.1, -0.05) is 67.2 Å². The summed E-state index contributed by atoms with van der Waals surface area (Å²) in [7, 11) is 0. The lowest BCUT2D eigenvalue weighted by Crippen LogP contribution is -2.48. The standard InChI is InChI=1S/C29H33N5O2S2/c1-3-33-26(32-15-13-31(14-16-32)19-21-9-5-4-6-10-21)23(20(2)24(18-30)27(33)35)17-25-28(36)34(29(37)38-25)22-11-7-8-12-22/h4-6,9-10,17,22H,3,7-8,11-16,19H2,1-2H3. The quantitative estimate of drug-likeness (QED) is 0.389. The molecule has 198 valence electrons. The SMILES string of the molecule is CCn1c(N2CCN(Cc3ccccc3)CC2)c(C=C2SC(=S)N(C3CCCC3)C2=O)c(C)c(C#N)c1=O. The number of hydrogen-bond acceptors (Lipinski definition) is 7. The number of thioether (sulfide) groups is 1. The zero-order valence-corrected chi connectivity index (χ0v) is 23.6. The molecule has 3 heterocycles. The lowest BCUT2D eigenvalue weighted by Gasteiger charge is -2.38. The number of piperazine rings is 1. The van der Waals surface area contributed by atoms with Crippen LogP contribution in [0.15, 0.2) is 40.0 Å².